The minimum absolute atomic E-state index is 0.176. The Kier molecular flexibility index (Phi) is 5.39. The number of nitrogens with zero attached hydrogens (tertiary/aromatic N) is 4. The lowest BCUT2D eigenvalue weighted by Crippen LogP contribution is -2.32. The molecule has 5 rings (SSSR count). The maximum absolute atomic E-state index is 13.1. The lowest BCUT2D eigenvalue weighted by Gasteiger charge is -2.30. The van der Waals surface area contributed by atoms with Gasteiger partial charge in [0.15, 0.2) is 5.78 Å². The van der Waals surface area contributed by atoms with E-state index in [9.17, 15) is 18.0 Å². The molecule has 172 valence electrons. The van der Waals surface area contributed by atoms with Crippen molar-refractivity contribution in [2.24, 2.45) is 0 Å². The maximum Gasteiger partial charge on any atom is 0.416 e. The van der Waals surface area contributed by atoms with Gasteiger partial charge in [-0.1, -0.05) is 42.5 Å². The molecule has 0 spiro atoms. The molecule has 9 heteroatoms. The van der Waals surface area contributed by atoms with Crippen LogP contribution in [0.1, 0.15) is 32.9 Å². The zero-order valence-corrected chi connectivity index (χ0v) is 18.0. The Bertz CT molecular complexity index is 1400. The van der Waals surface area contributed by atoms with E-state index in [2.05, 4.69) is 19.9 Å². The monoisotopic (exact) mass is 463 g/mol. The number of nitrogens with two attached hydrogens (primary N) is 1. The van der Waals surface area contributed by atoms with E-state index in [1.54, 1.807) is 12.3 Å². The number of hydrogen-bond acceptors (Lipinski definition) is 6. The van der Waals surface area contributed by atoms with Crippen LogP contribution in [0.3, 0.4) is 0 Å². The summed E-state index contributed by atoms with van der Waals surface area (Å²) >= 11 is 0. The van der Waals surface area contributed by atoms with Gasteiger partial charge in [0, 0.05) is 43.1 Å². The Morgan fingerprint density at radius 1 is 1.06 bits per heavy atom. The van der Waals surface area contributed by atoms with Crippen LogP contribution in [0.5, 0.6) is 0 Å². The highest BCUT2D eigenvalue weighted by Gasteiger charge is 2.30. The number of carbonyl (C=O) groups excluding carboxylic acids is 1. The number of rotatable bonds is 4. The number of nitrogen functional groups attached to an aromatic ring is 1. The van der Waals surface area contributed by atoms with Gasteiger partial charge in [-0.3, -0.25) is 4.79 Å². The fourth-order valence-corrected chi connectivity index (χ4v) is 4.21. The average Bonchev–Trinajstić information content (AvgIpc) is 2.82. The summed E-state index contributed by atoms with van der Waals surface area (Å²) in [5, 5.41) is 1.72. The summed E-state index contributed by atoms with van der Waals surface area (Å²) in [6.45, 7) is 1.14. The fraction of sp³-hybridized carbons (Fsp3) is 0.200. The summed E-state index contributed by atoms with van der Waals surface area (Å²) in [4.78, 5) is 28.2. The predicted octanol–water partition coefficient (Wildman–Crippen LogP) is 4.61. The molecule has 0 amide bonds. The Balaban J connectivity index is 1.49. The normalized spacial score (nSPS) is 13.7. The molecule has 0 saturated heterocycles. The second-order valence-electron chi connectivity index (χ2n) is 8.22. The SMILES string of the molecule is Nc1ncc2c(n1)CCN(c1nc(C(=O)Cc3cccc(C(F)(F)F)c3)cc3ccccc13)C2. The zero-order valence-electron chi connectivity index (χ0n) is 18.0. The maximum atomic E-state index is 13.1. The molecule has 0 atom stereocenters. The van der Waals surface area contributed by atoms with Gasteiger partial charge in [-0.25, -0.2) is 15.0 Å². The number of carbonyl (C=O) groups is 1. The smallest absolute Gasteiger partial charge is 0.368 e. The predicted molar refractivity (Wildman–Crippen MR) is 122 cm³/mol. The van der Waals surface area contributed by atoms with Crippen LogP contribution in [0.2, 0.25) is 0 Å². The average molecular weight is 463 g/mol. The first-order chi connectivity index (χ1) is 16.3. The first kappa shape index (κ1) is 21.8. The number of ketones is 1. The topological polar surface area (TPSA) is 85.0 Å². The van der Waals surface area contributed by atoms with Crippen LogP contribution in [0.15, 0.2) is 60.8 Å². The van der Waals surface area contributed by atoms with Gasteiger partial charge < -0.3 is 10.6 Å². The van der Waals surface area contributed by atoms with E-state index in [1.165, 1.54) is 12.1 Å². The molecule has 34 heavy (non-hydrogen) atoms. The first-order valence-corrected chi connectivity index (χ1v) is 10.7. The number of benzene rings is 2. The highest BCUT2D eigenvalue weighted by Crippen LogP contribution is 2.31. The number of halogens is 3. The van der Waals surface area contributed by atoms with E-state index in [4.69, 9.17) is 5.73 Å². The zero-order chi connectivity index (χ0) is 23.9. The van der Waals surface area contributed by atoms with Crippen molar-refractivity contribution in [1.82, 2.24) is 15.0 Å². The fourth-order valence-electron chi connectivity index (χ4n) is 4.21. The summed E-state index contributed by atoms with van der Waals surface area (Å²) in [6, 6.07) is 14.1. The van der Waals surface area contributed by atoms with E-state index in [1.807, 2.05) is 24.3 Å². The third kappa shape index (κ3) is 4.28. The summed E-state index contributed by atoms with van der Waals surface area (Å²) in [5.41, 5.74) is 7.26. The molecule has 6 nitrogen and oxygen atoms in total. The van der Waals surface area contributed by atoms with Crippen LogP contribution < -0.4 is 10.6 Å². The van der Waals surface area contributed by atoms with Crippen LogP contribution in [0, 0.1) is 0 Å². The number of pyridine rings is 1. The Morgan fingerprint density at radius 2 is 1.88 bits per heavy atom. The van der Waals surface area contributed by atoms with Gasteiger partial charge in [0.1, 0.15) is 11.5 Å². The molecule has 0 radical (unpaired) electrons. The minimum Gasteiger partial charge on any atom is -0.368 e. The molecule has 3 heterocycles. The summed E-state index contributed by atoms with van der Waals surface area (Å²) in [7, 11) is 0. The van der Waals surface area contributed by atoms with E-state index in [-0.39, 0.29) is 29.4 Å². The minimum atomic E-state index is -4.47. The third-order valence-electron chi connectivity index (χ3n) is 5.88. The van der Waals surface area contributed by atoms with Gasteiger partial charge in [-0.05, 0) is 23.1 Å². The quantitative estimate of drug-likeness (QED) is 0.445. The standard InChI is InChI=1S/C25H20F3N5O/c26-25(27,28)18-6-3-4-15(10-18)11-22(34)21-12-16-5-1-2-7-19(16)23(31-21)33-9-8-20-17(14-33)13-30-24(29)32-20/h1-7,10,12-13H,8-9,11,14H2,(H2,29,30,32). The molecule has 2 aromatic carbocycles. The molecule has 4 aromatic rings. The van der Waals surface area contributed by atoms with E-state index < -0.39 is 11.7 Å². The highest BCUT2D eigenvalue weighted by molar-refractivity contribution is 6.02. The van der Waals surface area contributed by atoms with E-state index in [0.29, 0.717) is 25.3 Å². The Hall–Kier alpha value is -4.01. The molecule has 2 N–H and O–H groups in total. The molecular weight excluding hydrogens is 443 g/mol. The van der Waals surface area contributed by atoms with Crippen molar-refractivity contribution in [3.05, 3.63) is 88.9 Å². The van der Waals surface area contributed by atoms with Gasteiger partial charge in [0.05, 0.1) is 11.3 Å². The van der Waals surface area contributed by atoms with Crippen molar-refractivity contribution in [3.8, 4) is 0 Å². The summed E-state index contributed by atoms with van der Waals surface area (Å²) in [5.74, 6) is 0.533. The number of aromatic nitrogens is 3. The number of anilines is 2. The van der Waals surface area contributed by atoms with E-state index in [0.717, 1.165) is 34.2 Å². The largest absolute Gasteiger partial charge is 0.416 e. The van der Waals surface area contributed by atoms with Crippen LogP contribution in [-0.2, 0) is 25.6 Å². The Morgan fingerprint density at radius 3 is 2.71 bits per heavy atom. The van der Waals surface area contributed by atoms with Gasteiger partial charge in [-0.15, -0.1) is 0 Å². The van der Waals surface area contributed by atoms with Crippen LogP contribution >= 0.6 is 0 Å². The molecule has 1 aliphatic heterocycles. The number of fused-ring (bicyclic) bond motifs is 2. The van der Waals surface area contributed by atoms with E-state index >= 15 is 0 Å². The second kappa shape index (κ2) is 8.40. The van der Waals surface area contributed by atoms with Gasteiger partial charge in [0.2, 0.25) is 5.95 Å². The molecule has 0 unspecified atom stereocenters. The molecule has 0 saturated carbocycles. The number of alkyl halides is 3. The Labute approximate surface area is 193 Å². The van der Waals surface area contributed by atoms with Crippen molar-refractivity contribution >= 4 is 28.3 Å². The van der Waals surface area contributed by atoms with Crippen molar-refractivity contribution < 1.29 is 18.0 Å². The second-order valence-corrected chi connectivity index (χ2v) is 8.22. The van der Waals surface area contributed by atoms with Crippen molar-refractivity contribution in [1.29, 1.82) is 0 Å². The van der Waals surface area contributed by atoms with Crippen molar-refractivity contribution in [2.45, 2.75) is 25.6 Å². The lowest BCUT2D eigenvalue weighted by atomic mass is 10.0. The van der Waals surface area contributed by atoms with Crippen LogP contribution in [-0.4, -0.2) is 27.3 Å². The molecular formula is C25H20F3N5O. The van der Waals surface area contributed by atoms with Gasteiger partial charge in [-0.2, -0.15) is 13.2 Å². The van der Waals surface area contributed by atoms with Crippen molar-refractivity contribution in [2.75, 3.05) is 17.2 Å². The number of Topliss-reactive ketones (excluding diaryl/α,β-unsaturated/α-hetero) is 1. The van der Waals surface area contributed by atoms with Gasteiger partial charge >= 0.3 is 6.18 Å². The summed E-state index contributed by atoms with van der Waals surface area (Å²) < 4.78 is 39.2. The molecule has 0 aliphatic carbocycles. The molecule has 0 fully saturated rings. The third-order valence-corrected chi connectivity index (χ3v) is 5.88. The molecule has 1 aliphatic rings. The van der Waals surface area contributed by atoms with Crippen LogP contribution in [0.4, 0.5) is 24.9 Å². The summed E-state index contributed by atoms with van der Waals surface area (Å²) in [6.07, 6.45) is -2.29. The lowest BCUT2D eigenvalue weighted by molar-refractivity contribution is -0.137. The highest BCUT2D eigenvalue weighted by atomic mass is 19.4. The number of hydrogen-bond donors (Lipinski definition) is 1. The molecule has 2 aromatic heterocycles. The molecule has 0 bridgehead atoms. The van der Waals surface area contributed by atoms with Crippen molar-refractivity contribution in [3.63, 3.8) is 0 Å². The van der Waals surface area contributed by atoms with Crippen LogP contribution in [0.25, 0.3) is 10.8 Å². The first-order valence-electron chi connectivity index (χ1n) is 10.7. The van der Waals surface area contributed by atoms with Gasteiger partial charge in [0.25, 0.3) is 0 Å².